The molecule has 2 aromatic heterocycles. The molecule has 0 aliphatic heterocycles. The zero-order chi connectivity index (χ0) is 18.6. The van der Waals surface area contributed by atoms with Crippen molar-refractivity contribution in [1.29, 1.82) is 10.5 Å². The predicted octanol–water partition coefficient (Wildman–Crippen LogP) is 4.05. The molecule has 1 unspecified atom stereocenters. The zero-order valence-corrected chi connectivity index (χ0v) is 14.4. The van der Waals surface area contributed by atoms with Gasteiger partial charge in [-0.2, -0.15) is 10.5 Å². The molecule has 0 aliphatic carbocycles. The quantitative estimate of drug-likeness (QED) is 0.558. The fourth-order valence-electron chi connectivity index (χ4n) is 3.14. The fourth-order valence-corrected chi connectivity index (χ4v) is 3.14. The van der Waals surface area contributed by atoms with Crippen LogP contribution in [0.25, 0.3) is 5.69 Å². The van der Waals surface area contributed by atoms with Gasteiger partial charge in [0.05, 0.1) is 35.6 Å². The fraction of sp³-hybridized carbons (Fsp3) is 0.0455. The van der Waals surface area contributed by atoms with Gasteiger partial charge in [0.25, 0.3) is 0 Å². The lowest BCUT2D eigenvalue weighted by Gasteiger charge is -2.18. The third-order valence-corrected chi connectivity index (χ3v) is 4.50. The van der Waals surface area contributed by atoms with Crippen molar-refractivity contribution in [2.75, 3.05) is 0 Å². The number of imidazole rings is 1. The highest BCUT2D eigenvalue weighted by molar-refractivity contribution is 5.42. The molecule has 4 aromatic rings. The third-order valence-electron chi connectivity index (χ3n) is 4.50. The van der Waals surface area contributed by atoms with Gasteiger partial charge in [-0.1, -0.05) is 12.1 Å². The van der Waals surface area contributed by atoms with Crippen LogP contribution in [0.1, 0.15) is 28.3 Å². The van der Waals surface area contributed by atoms with Gasteiger partial charge in [-0.15, -0.1) is 0 Å². The molecule has 128 valence electrons. The Bertz CT molecular complexity index is 1120. The summed E-state index contributed by atoms with van der Waals surface area (Å²) in [5.74, 6) is 0. The van der Waals surface area contributed by atoms with E-state index in [1.807, 2.05) is 70.1 Å². The summed E-state index contributed by atoms with van der Waals surface area (Å²) in [4.78, 5) is 4.19. The van der Waals surface area contributed by atoms with E-state index in [-0.39, 0.29) is 6.04 Å². The van der Waals surface area contributed by atoms with Crippen LogP contribution >= 0.6 is 0 Å². The van der Waals surface area contributed by atoms with Crippen LogP contribution < -0.4 is 0 Å². The van der Waals surface area contributed by atoms with E-state index < -0.39 is 0 Å². The molecular formula is C22H15N5. The number of nitriles is 2. The molecule has 2 aromatic carbocycles. The normalized spacial score (nSPS) is 11.5. The second-order valence-corrected chi connectivity index (χ2v) is 6.16. The summed E-state index contributed by atoms with van der Waals surface area (Å²) in [6, 6.07) is 21.4. The van der Waals surface area contributed by atoms with Crippen LogP contribution in [0.15, 0.2) is 85.7 Å². The molecule has 5 nitrogen and oxygen atoms in total. The molecule has 0 spiro atoms. The van der Waals surface area contributed by atoms with Gasteiger partial charge in [0.1, 0.15) is 0 Å². The second-order valence-electron chi connectivity index (χ2n) is 6.16. The number of rotatable bonds is 4. The Hall–Kier alpha value is -4.09. The maximum Gasteiger partial charge on any atom is 0.0991 e. The van der Waals surface area contributed by atoms with E-state index in [1.54, 1.807) is 12.5 Å². The van der Waals surface area contributed by atoms with Gasteiger partial charge in [-0.05, 0) is 53.6 Å². The molecule has 0 aliphatic rings. The largest absolute Gasteiger partial charge is 0.326 e. The Labute approximate surface area is 157 Å². The van der Waals surface area contributed by atoms with Gasteiger partial charge in [0.15, 0.2) is 0 Å². The molecule has 4 rings (SSSR count). The van der Waals surface area contributed by atoms with E-state index in [2.05, 4.69) is 29.4 Å². The highest BCUT2D eigenvalue weighted by Crippen LogP contribution is 2.28. The average Bonchev–Trinajstić information content (AvgIpc) is 3.42. The molecule has 0 fully saturated rings. The summed E-state index contributed by atoms with van der Waals surface area (Å²) < 4.78 is 4.07. The third kappa shape index (κ3) is 3.22. The van der Waals surface area contributed by atoms with Crippen LogP contribution in [0, 0.1) is 22.7 Å². The topological polar surface area (TPSA) is 70.3 Å². The van der Waals surface area contributed by atoms with Gasteiger partial charge in [0.2, 0.25) is 0 Å². The molecule has 27 heavy (non-hydrogen) atoms. The zero-order valence-electron chi connectivity index (χ0n) is 14.4. The summed E-state index contributed by atoms with van der Waals surface area (Å²) in [5.41, 5.74) is 4.44. The van der Waals surface area contributed by atoms with Crippen molar-refractivity contribution in [3.05, 3.63) is 108 Å². The SMILES string of the molecule is N#Cc1ccc(C(c2ccn(-c3ccc(C#N)cc3)c2)n2ccnc2)cc1. The molecule has 0 bridgehead atoms. The van der Waals surface area contributed by atoms with E-state index in [0.717, 1.165) is 16.8 Å². The van der Waals surface area contributed by atoms with E-state index in [9.17, 15) is 0 Å². The predicted molar refractivity (Wildman–Crippen MR) is 101 cm³/mol. The molecule has 5 heteroatoms. The Kier molecular flexibility index (Phi) is 4.27. The van der Waals surface area contributed by atoms with E-state index in [1.165, 1.54) is 0 Å². The first-order valence-corrected chi connectivity index (χ1v) is 8.44. The lowest BCUT2D eigenvalue weighted by atomic mass is 10.00. The maximum atomic E-state index is 9.05. The van der Waals surface area contributed by atoms with Gasteiger partial charge in [-0.25, -0.2) is 4.98 Å². The number of nitrogens with zero attached hydrogens (tertiary/aromatic N) is 5. The van der Waals surface area contributed by atoms with E-state index in [0.29, 0.717) is 11.1 Å². The second kappa shape index (κ2) is 7.03. The Morgan fingerprint density at radius 2 is 1.44 bits per heavy atom. The van der Waals surface area contributed by atoms with Crippen molar-refractivity contribution < 1.29 is 0 Å². The minimum absolute atomic E-state index is 0.0418. The van der Waals surface area contributed by atoms with Gasteiger partial charge < -0.3 is 9.13 Å². The minimum atomic E-state index is -0.0418. The maximum absolute atomic E-state index is 9.05. The summed E-state index contributed by atoms with van der Waals surface area (Å²) in [5, 5.41) is 18.0. The number of benzene rings is 2. The van der Waals surface area contributed by atoms with Crippen LogP contribution in [-0.4, -0.2) is 14.1 Å². The van der Waals surface area contributed by atoms with Crippen LogP contribution in [-0.2, 0) is 0 Å². The first-order chi connectivity index (χ1) is 13.3. The summed E-state index contributed by atoms with van der Waals surface area (Å²) in [7, 11) is 0. The van der Waals surface area contributed by atoms with Crippen molar-refractivity contribution in [3.8, 4) is 17.8 Å². The van der Waals surface area contributed by atoms with Gasteiger partial charge in [0, 0.05) is 30.5 Å². The molecule has 2 heterocycles. The van der Waals surface area contributed by atoms with Crippen molar-refractivity contribution in [1.82, 2.24) is 14.1 Å². The molecule has 0 amide bonds. The molecule has 0 N–H and O–H groups in total. The lowest BCUT2D eigenvalue weighted by Crippen LogP contribution is -2.10. The van der Waals surface area contributed by atoms with Crippen molar-refractivity contribution in [2.24, 2.45) is 0 Å². The summed E-state index contributed by atoms with van der Waals surface area (Å²) in [6.07, 6.45) is 9.56. The van der Waals surface area contributed by atoms with Crippen molar-refractivity contribution in [3.63, 3.8) is 0 Å². The molecule has 1 atom stereocenters. The molecular weight excluding hydrogens is 334 g/mol. The first kappa shape index (κ1) is 16.4. The highest BCUT2D eigenvalue weighted by atomic mass is 15.1. The van der Waals surface area contributed by atoms with E-state index in [4.69, 9.17) is 10.5 Å². The summed E-state index contributed by atoms with van der Waals surface area (Å²) in [6.45, 7) is 0. The van der Waals surface area contributed by atoms with Crippen LogP contribution in [0.2, 0.25) is 0 Å². The van der Waals surface area contributed by atoms with Gasteiger partial charge >= 0.3 is 0 Å². The standard InChI is InChI=1S/C22H15N5/c23-13-17-1-5-19(6-2-17)22(27-12-10-25-16-27)20-9-11-26(15-20)21-7-3-18(14-24)4-8-21/h1-12,15-16,22H. The van der Waals surface area contributed by atoms with E-state index >= 15 is 0 Å². The first-order valence-electron chi connectivity index (χ1n) is 8.44. The van der Waals surface area contributed by atoms with Crippen LogP contribution in [0.5, 0.6) is 0 Å². The smallest absolute Gasteiger partial charge is 0.0991 e. The Morgan fingerprint density at radius 3 is 2.04 bits per heavy atom. The average molecular weight is 349 g/mol. The molecule has 0 saturated carbocycles. The molecule has 0 saturated heterocycles. The molecule has 0 radical (unpaired) electrons. The van der Waals surface area contributed by atoms with Crippen molar-refractivity contribution in [2.45, 2.75) is 6.04 Å². The summed E-state index contributed by atoms with van der Waals surface area (Å²) >= 11 is 0. The minimum Gasteiger partial charge on any atom is -0.326 e. The lowest BCUT2D eigenvalue weighted by molar-refractivity contribution is 0.676. The number of aromatic nitrogens is 3. The Balaban J connectivity index is 1.74. The monoisotopic (exact) mass is 349 g/mol. The number of hydrogen-bond donors (Lipinski definition) is 0. The highest BCUT2D eigenvalue weighted by Gasteiger charge is 2.17. The van der Waals surface area contributed by atoms with Crippen LogP contribution in [0.3, 0.4) is 0 Å². The van der Waals surface area contributed by atoms with Gasteiger partial charge in [-0.3, -0.25) is 0 Å². The Morgan fingerprint density at radius 1 is 0.778 bits per heavy atom. The van der Waals surface area contributed by atoms with Crippen LogP contribution in [0.4, 0.5) is 0 Å². The number of hydrogen-bond acceptors (Lipinski definition) is 3. The van der Waals surface area contributed by atoms with Crippen molar-refractivity contribution >= 4 is 0 Å².